The monoisotopic (exact) mass is 402 g/mol. The maximum atomic E-state index is 12.2. The molecule has 0 radical (unpaired) electrons. The summed E-state index contributed by atoms with van der Waals surface area (Å²) in [7, 11) is 0. The molecule has 0 saturated carbocycles. The van der Waals surface area contributed by atoms with E-state index in [1.807, 2.05) is 35.4 Å². The van der Waals surface area contributed by atoms with E-state index in [0.717, 1.165) is 61.2 Å². The summed E-state index contributed by atoms with van der Waals surface area (Å²) in [6, 6.07) is 16.6. The van der Waals surface area contributed by atoms with Crippen LogP contribution in [0, 0.1) is 6.92 Å². The smallest absolute Gasteiger partial charge is 0.222 e. The van der Waals surface area contributed by atoms with Gasteiger partial charge in [0.05, 0.1) is 5.52 Å². The van der Waals surface area contributed by atoms with Crippen LogP contribution in [-0.2, 0) is 4.79 Å². The molecule has 4 heteroatoms. The summed E-state index contributed by atoms with van der Waals surface area (Å²) in [6.07, 6.45) is 6.64. The summed E-state index contributed by atoms with van der Waals surface area (Å²) in [4.78, 5) is 18.8. The van der Waals surface area contributed by atoms with E-state index in [2.05, 4.69) is 43.1 Å². The predicted molar refractivity (Wildman–Crippen MR) is 122 cm³/mol. The van der Waals surface area contributed by atoms with Crippen molar-refractivity contribution in [1.82, 2.24) is 9.88 Å². The SMILES string of the molecule is CCCCC(=O)N1CCC(Oc2ccc(-c3cnc4ccccc4c3C)cc2)CC1. The number of piperidine rings is 1. The van der Waals surface area contributed by atoms with Crippen molar-refractivity contribution in [2.24, 2.45) is 0 Å². The van der Waals surface area contributed by atoms with E-state index in [9.17, 15) is 4.79 Å². The number of hydrogen-bond acceptors (Lipinski definition) is 3. The third-order valence-electron chi connectivity index (χ3n) is 6.05. The van der Waals surface area contributed by atoms with Crippen LogP contribution in [0.15, 0.2) is 54.7 Å². The Morgan fingerprint density at radius 3 is 2.57 bits per heavy atom. The van der Waals surface area contributed by atoms with Gasteiger partial charge in [-0.05, 0) is 42.7 Å². The van der Waals surface area contributed by atoms with Crippen molar-refractivity contribution in [2.45, 2.75) is 52.1 Å². The maximum Gasteiger partial charge on any atom is 0.222 e. The van der Waals surface area contributed by atoms with E-state index in [4.69, 9.17) is 4.74 Å². The van der Waals surface area contributed by atoms with Crippen molar-refractivity contribution in [3.8, 4) is 16.9 Å². The van der Waals surface area contributed by atoms with Gasteiger partial charge in [0.15, 0.2) is 0 Å². The zero-order chi connectivity index (χ0) is 20.9. The minimum atomic E-state index is 0.176. The fourth-order valence-corrected chi connectivity index (χ4v) is 4.19. The molecule has 30 heavy (non-hydrogen) atoms. The number of carbonyl (C=O) groups is 1. The molecule has 1 aliphatic rings. The van der Waals surface area contributed by atoms with E-state index in [1.165, 1.54) is 10.9 Å². The number of carbonyl (C=O) groups excluding carboxylic acids is 1. The summed E-state index contributed by atoms with van der Waals surface area (Å²) in [5, 5.41) is 1.19. The van der Waals surface area contributed by atoms with Gasteiger partial charge in [-0.3, -0.25) is 9.78 Å². The lowest BCUT2D eigenvalue weighted by atomic mass is 9.99. The summed E-state index contributed by atoms with van der Waals surface area (Å²) in [5.41, 5.74) is 4.57. The van der Waals surface area contributed by atoms with E-state index < -0.39 is 0 Å². The van der Waals surface area contributed by atoms with Crippen LogP contribution in [0.25, 0.3) is 22.0 Å². The minimum absolute atomic E-state index is 0.176. The molecular formula is C26H30N2O2. The van der Waals surface area contributed by atoms with Crippen LogP contribution < -0.4 is 4.74 Å². The molecule has 1 amide bonds. The van der Waals surface area contributed by atoms with Gasteiger partial charge >= 0.3 is 0 Å². The molecule has 4 rings (SSSR count). The number of benzene rings is 2. The van der Waals surface area contributed by atoms with Gasteiger partial charge in [0, 0.05) is 49.5 Å². The van der Waals surface area contributed by atoms with Gasteiger partial charge in [0.25, 0.3) is 0 Å². The van der Waals surface area contributed by atoms with E-state index in [-0.39, 0.29) is 6.10 Å². The molecule has 1 aromatic heterocycles. The lowest BCUT2D eigenvalue weighted by Crippen LogP contribution is -2.41. The summed E-state index contributed by atoms with van der Waals surface area (Å²) in [6.45, 7) is 5.87. The molecular weight excluding hydrogens is 372 g/mol. The predicted octanol–water partition coefficient (Wildman–Crippen LogP) is 5.77. The second-order valence-electron chi connectivity index (χ2n) is 8.14. The molecule has 0 unspecified atom stereocenters. The fourth-order valence-electron chi connectivity index (χ4n) is 4.19. The lowest BCUT2D eigenvalue weighted by Gasteiger charge is -2.32. The number of rotatable bonds is 6. The highest BCUT2D eigenvalue weighted by Gasteiger charge is 2.23. The van der Waals surface area contributed by atoms with Crippen molar-refractivity contribution in [3.63, 3.8) is 0 Å². The van der Waals surface area contributed by atoms with Crippen LogP contribution in [0.2, 0.25) is 0 Å². The highest BCUT2D eigenvalue weighted by Crippen LogP contribution is 2.30. The number of para-hydroxylation sites is 1. The third-order valence-corrected chi connectivity index (χ3v) is 6.05. The Labute approximate surface area is 178 Å². The first-order valence-electron chi connectivity index (χ1n) is 11.0. The molecule has 1 fully saturated rings. The Morgan fingerprint density at radius 2 is 1.83 bits per heavy atom. The van der Waals surface area contributed by atoms with Crippen LogP contribution in [0.3, 0.4) is 0 Å². The standard InChI is InChI=1S/C26H30N2O2/c1-3-4-9-26(29)28-16-14-22(15-17-28)30-21-12-10-20(11-13-21)24-18-27-25-8-6-5-7-23(25)19(24)2/h5-8,10-13,18,22H,3-4,9,14-17H2,1-2H3. The Hall–Kier alpha value is -2.88. The van der Waals surface area contributed by atoms with Gasteiger partial charge < -0.3 is 9.64 Å². The Balaban J connectivity index is 1.38. The Bertz CT molecular complexity index is 1010. The molecule has 0 bridgehead atoms. The zero-order valence-electron chi connectivity index (χ0n) is 17.9. The molecule has 156 valence electrons. The van der Waals surface area contributed by atoms with Crippen molar-refractivity contribution in [2.75, 3.05) is 13.1 Å². The van der Waals surface area contributed by atoms with Gasteiger partial charge in [-0.15, -0.1) is 0 Å². The van der Waals surface area contributed by atoms with Crippen LogP contribution in [0.4, 0.5) is 0 Å². The first-order valence-corrected chi connectivity index (χ1v) is 11.0. The van der Waals surface area contributed by atoms with E-state index >= 15 is 0 Å². The van der Waals surface area contributed by atoms with Crippen LogP contribution in [0.1, 0.15) is 44.6 Å². The maximum absolute atomic E-state index is 12.2. The number of unbranched alkanes of at least 4 members (excludes halogenated alkanes) is 1. The molecule has 2 aromatic carbocycles. The molecule has 0 spiro atoms. The minimum Gasteiger partial charge on any atom is -0.490 e. The van der Waals surface area contributed by atoms with E-state index in [0.29, 0.717) is 12.3 Å². The number of aromatic nitrogens is 1. The molecule has 0 atom stereocenters. The number of amides is 1. The van der Waals surface area contributed by atoms with Crippen LogP contribution in [-0.4, -0.2) is 35.0 Å². The average molecular weight is 403 g/mol. The second kappa shape index (κ2) is 9.29. The van der Waals surface area contributed by atoms with Crippen LogP contribution in [0.5, 0.6) is 5.75 Å². The number of aryl methyl sites for hydroxylation is 1. The molecule has 1 aliphatic heterocycles. The quantitative estimate of drug-likeness (QED) is 0.526. The first-order chi connectivity index (χ1) is 14.7. The van der Waals surface area contributed by atoms with Gasteiger partial charge in [0.1, 0.15) is 11.9 Å². The Morgan fingerprint density at radius 1 is 1.10 bits per heavy atom. The van der Waals surface area contributed by atoms with E-state index in [1.54, 1.807) is 0 Å². The number of fused-ring (bicyclic) bond motifs is 1. The first kappa shape index (κ1) is 20.4. The topological polar surface area (TPSA) is 42.4 Å². The molecule has 3 aromatic rings. The van der Waals surface area contributed by atoms with Gasteiger partial charge in [0.2, 0.25) is 5.91 Å². The number of nitrogens with zero attached hydrogens (tertiary/aromatic N) is 2. The normalized spacial score (nSPS) is 14.8. The summed E-state index contributed by atoms with van der Waals surface area (Å²) < 4.78 is 6.20. The third kappa shape index (κ3) is 4.48. The van der Waals surface area contributed by atoms with Gasteiger partial charge in [-0.2, -0.15) is 0 Å². The van der Waals surface area contributed by atoms with Crippen molar-refractivity contribution in [1.29, 1.82) is 0 Å². The molecule has 0 aliphatic carbocycles. The van der Waals surface area contributed by atoms with Crippen molar-refractivity contribution in [3.05, 3.63) is 60.3 Å². The molecule has 0 N–H and O–H groups in total. The fraction of sp³-hybridized carbons (Fsp3) is 0.385. The lowest BCUT2D eigenvalue weighted by molar-refractivity contribution is -0.133. The Kier molecular flexibility index (Phi) is 6.32. The number of ether oxygens (including phenoxy) is 1. The number of pyridine rings is 1. The second-order valence-corrected chi connectivity index (χ2v) is 8.14. The van der Waals surface area contributed by atoms with Gasteiger partial charge in [-0.25, -0.2) is 0 Å². The van der Waals surface area contributed by atoms with Crippen LogP contribution >= 0.6 is 0 Å². The zero-order valence-corrected chi connectivity index (χ0v) is 17.9. The van der Waals surface area contributed by atoms with Gasteiger partial charge in [-0.1, -0.05) is 43.7 Å². The summed E-state index contributed by atoms with van der Waals surface area (Å²) in [5.74, 6) is 1.18. The number of likely N-dealkylation sites (tertiary alicyclic amines) is 1. The highest BCUT2D eigenvalue weighted by atomic mass is 16.5. The highest BCUT2D eigenvalue weighted by molar-refractivity contribution is 5.88. The average Bonchev–Trinajstić information content (AvgIpc) is 2.79. The number of hydrogen-bond donors (Lipinski definition) is 0. The molecule has 1 saturated heterocycles. The largest absolute Gasteiger partial charge is 0.490 e. The summed E-state index contributed by atoms with van der Waals surface area (Å²) >= 11 is 0. The molecule has 2 heterocycles. The molecule has 4 nitrogen and oxygen atoms in total. The van der Waals surface area contributed by atoms with Crippen molar-refractivity contribution >= 4 is 16.8 Å². The van der Waals surface area contributed by atoms with Crippen molar-refractivity contribution < 1.29 is 9.53 Å².